The smallest absolute Gasteiger partial charge is 0.117 e. The summed E-state index contributed by atoms with van der Waals surface area (Å²) in [6, 6.07) is 0. The maximum absolute atomic E-state index is 8.70. The lowest BCUT2D eigenvalue weighted by Crippen LogP contribution is -2.23. The van der Waals surface area contributed by atoms with Gasteiger partial charge < -0.3 is 9.84 Å². The molecule has 0 radical (unpaired) electrons. The van der Waals surface area contributed by atoms with Crippen LogP contribution in [0.4, 0.5) is 0 Å². The molecule has 0 amide bonds. The molecule has 1 atom stereocenters. The molecule has 8 heavy (non-hydrogen) atoms. The molecule has 2 nitrogen and oxygen atoms in total. The van der Waals surface area contributed by atoms with E-state index in [0.29, 0.717) is 5.92 Å². The van der Waals surface area contributed by atoms with E-state index in [2.05, 4.69) is 13.8 Å². The van der Waals surface area contributed by atoms with Gasteiger partial charge in [-0.05, 0) is 5.92 Å². The number of hydrogen-bond donors (Lipinski definition) is 1. The fourth-order valence-electron chi connectivity index (χ4n) is 0.700. The van der Waals surface area contributed by atoms with E-state index in [1.165, 1.54) is 0 Å². The van der Waals surface area contributed by atoms with Crippen LogP contribution in [-0.4, -0.2) is 23.9 Å². The van der Waals surface area contributed by atoms with Crippen LogP contribution in [0.3, 0.4) is 0 Å². The quantitative estimate of drug-likeness (QED) is 0.530. The summed E-state index contributed by atoms with van der Waals surface area (Å²) in [6.07, 6.45) is 0. The van der Waals surface area contributed by atoms with E-state index >= 15 is 0 Å². The van der Waals surface area contributed by atoms with Crippen molar-refractivity contribution in [1.82, 2.24) is 0 Å². The minimum atomic E-state index is -0.153. The molecule has 0 saturated carbocycles. The summed E-state index contributed by atoms with van der Waals surface area (Å²) in [6.45, 7) is 5.03. The molecule has 1 fully saturated rings. The Balaban J connectivity index is 2.41. The lowest BCUT2D eigenvalue weighted by molar-refractivity contribution is 0.135. The SMILES string of the molecule is CC(C)[C@]1(CO)CO1. The molecule has 1 aliphatic heterocycles. The third-order valence-corrected chi connectivity index (χ3v) is 1.83. The largest absolute Gasteiger partial charge is 0.393 e. The Morgan fingerprint density at radius 3 is 2.25 bits per heavy atom. The number of ether oxygens (including phenoxy) is 1. The Morgan fingerprint density at radius 2 is 2.25 bits per heavy atom. The summed E-state index contributed by atoms with van der Waals surface area (Å²) in [5, 5.41) is 8.70. The molecule has 0 aromatic heterocycles. The summed E-state index contributed by atoms with van der Waals surface area (Å²) >= 11 is 0. The molecule has 1 saturated heterocycles. The zero-order valence-corrected chi connectivity index (χ0v) is 5.35. The van der Waals surface area contributed by atoms with Gasteiger partial charge >= 0.3 is 0 Å². The van der Waals surface area contributed by atoms with Crippen molar-refractivity contribution in [3.63, 3.8) is 0 Å². The van der Waals surface area contributed by atoms with Gasteiger partial charge in [0.05, 0.1) is 13.2 Å². The van der Waals surface area contributed by atoms with Crippen molar-refractivity contribution in [2.45, 2.75) is 19.4 Å². The summed E-state index contributed by atoms with van der Waals surface area (Å²) < 4.78 is 5.06. The first-order chi connectivity index (χ1) is 3.71. The highest BCUT2D eigenvalue weighted by molar-refractivity contribution is 4.93. The van der Waals surface area contributed by atoms with Crippen LogP contribution in [0, 0.1) is 5.92 Å². The van der Waals surface area contributed by atoms with Crippen molar-refractivity contribution in [1.29, 1.82) is 0 Å². The first-order valence-corrected chi connectivity index (χ1v) is 2.96. The van der Waals surface area contributed by atoms with E-state index in [1.54, 1.807) is 0 Å². The second-order valence-corrected chi connectivity index (χ2v) is 2.67. The summed E-state index contributed by atoms with van der Waals surface area (Å²) in [5.74, 6) is 0.451. The van der Waals surface area contributed by atoms with Crippen LogP contribution in [0.5, 0.6) is 0 Å². The van der Waals surface area contributed by atoms with Gasteiger partial charge in [-0.25, -0.2) is 0 Å². The van der Waals surface area contributed by atoms with E-state index in [9.17, 15) is 0 Å². The van der Waals surface area contributed by atoms with Crippen LogP contribution in [0.2, 0.25) is 0 Å². The van der Waals surface area contributed by atoms with Crippen LogP contribution in [0.1, 0.15) is 13.8 Å². The second-order valence-electron chi connectivity index (χ2n) is 2.67. The van der Waals surface area contributed by atoms with Gasteiger partial charge in [-0.2, -0.15) is 0 Å². The van der Waals surface area contributed by atoms with Crippen LogP contribution in [0.15, 0.2) is 0 Å². The number of hydrogen-bond acceptors (Lipinski definition) is 2. The van der Waals surface area contributed by atoms with Crippen LogP contribution < -0.4 is 0 Å². The fraction of sp³-hybridized carbons (Fsp3) is 1.00. The van der Waals surface area contributed by atoms with E-state index in [0.717, 1.165) is 6.61 Å². The molecule has 0 aliphatic carbocycles. The van der Waals surface area contributed by atoms with E-state index in [1.807, 2.05) is 0 Å². The van der Waals surface area contributed by atoms with Gasteiger partial charge in [-0.1, -0.05) is 13.8 Å². The molecule has 0 unspecified atom stereocenters. The molecule has 1 rings (SSSR count). The van der Waals surface area contributed by atoms with Gasteiger partial charge in [0.2, 0.25) is 0 Å². The molecule has 0 aromatic carbocycles. The minimum absolute atomic E-state index is 0.153. The highest BCUT2D eigenvalue weighted by atomic mass is 16.6. The predicted octanol–water partition coefficient (Wildman–Crippen LogP) is 0.404. The summed E-state index contributed by atoms with van der Waals surface area (Å²) in [7, 11) is 0. The Morgan fingerprint density at radius 1 is 1.75 bits per heavy atom. The average Bonchev–Trinajstić information content (AvgIpc) is 2.44. The highest BCUT2D eigenvalue weighted by Gasteiger charge is 2.46. The van der Waals surface area contributed by atoms with E-state index in [-0.39, 0.29) is 12.2 Å². The molecule has 48 valence electrons. The molecule has 2 heteroatoms. The molecular weight excluding hydrogens is 104 g/mol. The number of rotatable bonds is 2. The highest BCUT2D eigenvalue weighted by Crippen LogP contribution is 2.33. The topological polar surface area (TPSA) is 32.8 Å². The molecule has 1 heterocycles. The third kappa shape index (κ3) is 0.740. The van der Waals surface area contributed by atoms with Crippen molar-refractivity contribution >= 4 is 0 Å². The maximum atomic E-state index is 8.70. The second kappa shape index (κ2) is 1.71. The lowest BCUT2D eigenvalue weighted by Gasteiger charge is -2.10. The maximum Gasteiger partial charge on any atom is 0.117 e. The van der Waals surface area contributed by atoms with Crippen LogP contribution >= 0.6 is 0 Å². The molecular formula is C6H12O2. The zero-order valence-electron chi connectivity index (χ0n) is 5.35. The van der Waals surface area contributed by atoms with Crippen LogP contribution in [-0.2, 0) is 4.74 Å². The monoisotopic (exact) mass is 116 g/mol. The van der Waals surface area contributed by atoms with Gasteiger partial charge in [0.1, 0.15) is 5.60 Å². The summed E-state index contributed by atoms with van der Waals surface area (Å²) in [5.41, 5.74) is -0.153. The van der Waals surface area contributed by atoms with E-state index < -0.39 is 0 Å². The number of epoxide rings is 1. The normalized spacial score (nSPS) is 36.0. The van der Waals surface area contributed by atoms with Crippen LogP contribution in [0.25, 0.3) is 0 Å². The number of aliphatic hydroxyl groups is 1. The molecule has 1 N–H and O–H groups in total. The van der Waals surface area contributed by atoms with Crippen molar-refractivity contribution in [2.24, 2.45) is 5.92 Å². The molecule has 1 aliphatic rings. The third-order valence-electron chi connectivity index (χ3n) is 1.83. The van der Waals surface area contributed by atoms with Gasteiger partial charge in [0.25, 0.3) is 0 Å². The van der Waals surface area contributed by atoms with Gasteiger partial charge in [0, 0.05) is 0 Å². The zero-order chi connectivity index (χ0) is 6.20. The Hall–Kier alpha value is -0.0800. The Kier molecular flexibility index (Phi) is 1.29. The Labute approximate surface area is 49.5 Å². The molecule has 0 aromatic rings. The number of aliphatic hydroxyl groups excluding tert-OH is 1. The summed E-state index contributed by atoms with van der Waals surface area (Å²) in [4.78, 5) is 0. The minimum Gasteiger partial charge on any atom is -0.393 e. The predicted molar refractivity (Wildman–Crippen MR) is 30.6 cm³/mol. The van der Waals surface area contributed by atoms with Gasteiger partial charge in [-0.15, -0.1) is 0 Å². The van der Waals surface area contributed by atoms with Crippen molar-refractivity contribution in [2.75, 3.05) is 13.2 Å². The average molecular weight is 116 g/mol. The van der Waals surface area contributed by atoms with Crippen molar-refractivity contribution < 1.29 is 9.84 Å². The Bertz CT molecular complexity index is 84.5. The van der Waals surface area contributed by atoms with Crippen molar-refractivity contribution in [3.8, 4) is 0 Å². The molecule has 0 bridgehead atoms. The fourth-order valence-corrected chi connectivity index (χ4v) is 0.700. The standard InChI is InChI=1S/C6H12O2/c1-5(2)6(3-7)4-8-6/h5,7H,3-4H2,1-2H3/t6-/m0/s1. The van der Waals surface area contributed by atoms with Gasteiger partial charge in [0.15, 0.2) is 0 Å². The first-order valence-electron chi connectivity index (χ1n) is 2.96. The van der Waals surface area contributed by atoms with Crippen molar-refractivity contribution in [3.05, 3.63) is 0 Å². The van der Waals surface area contributed by atoms with E-state index in [4.69, 9.17) is 9.84 Å². The first kappa shape index (κ1) is 6.05. The lowest BCUT2D eigenvalue weighted by atomic mass is 9.98. The molecule has 0 spiro atoms. The van der Waals surface area contributed by atoms with Gasteiger partial charge in [-0.3, -0.25) is 0 Å².